The van der Waals surface area contributed by atoms with Gasteiger partial charge in [0.2, 0.25) is 5.91 Å². The van der Waals surface area contributed by atoms with E-state index in [4.69, 9.17) is 4.74 Å². The second-order valence-corrected chi connectivity index (χ2v) is 5.43. The predicted molar refractivity (Wildman–Crippen MR) is 80.0 cm³/mol. The van der Waals surface area contributed by atoms with Gasteiger partial charge in [0.25, 0.3) is 0 Å². The zero-order valence-electron chi connectivity index (χ0n) is 12.4. The van der Waals surface area contributed by atoms with Crippen LogP contribution in [0.25, 0.3) is 0 Å². The van der Waals surface area contributed by atoms with Crippen molar-refractivity contribution < 1.29 is 20.0 Å². The fraction of sp³-hybridized carbons (Fsp3) is 0.562. The largest absolute Gasteiger partial charge is 0.491 e. The molecule has 1 aliphatic heterocycles. The molecule has 116 valence electrons. The Morgan fingerprint density at radius 2 is 2.14 bits per heavy atom. The van der Waals surface area contributed by atoms with Crippen LogP contribution in [0.15, 0.2) is 30.3 Å². The summed E-state index contributed by atoms with van der Waals surface area (Å²) in [5, 5.41) is 11.9. The first-order valence-corrected chi connectivity index (χ1v) is 7.71. The Balaban J connectivity index is 1.49. The van der Waals surface area contributed by atoms with Gasteiger partial charge in [-0.3, -0.25) is 4.79 Å². The molecule has 1 aliphatic rings. The van der Waals surface area contributed by atoms with Crippen molar-refractivity contribution in [2.75, 3.05) is 32.8 Å². The number of hydrogen-bond acceptors (Lipinski definition) is 3. The molecule has 0 aliphatic carbocycles. The molecule has 1 saturated heterocycles. The third-order valence-electron chi connectivity index (χ3n) is 3.63. The van der Waals surface area contributed by atoms with E-state index in [1.165, 1.54) is 0 Å². The maximum absolute atomic E-state index is 11.4. The van der Waals surface area contributed by atoms with Crippen molar-refractivity contribution in [3.63, 3.8) is 0 Å². The molecule has 0 bridgehead atoms. The summed E-state index contributed by atoms with van der Waals surface area (Å²) in [5.74, 6) is 1.07. The normalized spacial score (nSPS) is 16.2. The zero-order valence-corrected chi connectivity index (χ0v) is 12.4. The van der Waals surface area contributed by atoms with Crippen molar-refractivity contribution in [3.8, 4) is 5.75 Å². The van der Waals surface area contributed by atoms with Crippen molar-refractivity contribution in [1.82, 2.24) is 4.90 Å². The Bertz CT molecular complexity index is 425. The zero-order chi connectivity index (χ0) is 14.9. The van der Waals surface area contributed by atoms with Gasteiger partial charge < -0.3 is 20.1 Å². The van der Waals surface area contributed by atoms with Gasteiger partial charge in [0.05, 0.1) is 6.54 Å². The molecule has 1 fully saturated rings. The summed E-state index contributed by atoms with van der Waals surface area (Å²) in [6, 6.07) is 9.51. The molecule has 5 nitrogen and oxygen atoms in total. The fourth-order valence-corrected chi connectivity index (χ4v) is 2.45. The van der Waals surface area contributed by atoms with Crippen LogP contribution in [0.5, 0.6) is 5.75 Å². The molecule has 21 heavy (non-hydrogen) atoms. The first-order chi connectivity index (χ1) is 10.3. The van der Waals surface area contributed by atoms with Crippen molar-refractivity contribution in [1.29, 1.82) is 0 Å². The van der Waals surface area contributed by atoms with Crippen LogP contribution in [0.1, 0.15) is 19.3 Å². The van der Waals surface area contributed by atoms with Crippen molar-refractivity contribution in [2.24, 2.45) is 0 Å². The van der Waals surface area contributed by atoms with E-state index in [-0.39, 0.29) is 5.91 Å². The van der Waals surface area contributed by atoms with Crippen LogP contribution in [-0.2, 0) is 4.79 Å². The van der Waals surface area contributed by atoms with E-state index < -0.39 is 6.10 Å². The maximum Gasteiger partial charge on any atom is 0.222 e. The molecule has 2 rings (SSSR count). The lowest BCUT2D eigenvalue weighted by atomic mass is 10.3. The highest BCUT2D eigenvalue weighted by Crippen LogP contribution is 2.09. The van der Waals surface area contributed by atoms with Gasteiger partial charge in [0, 0.05) is 25.9 Å². The molecule has 0 radical (unpaired) electrons. The Morgan fingerprint density at radius 3 is 2.86 bits per heavy atom. The van der Waals surface area contributed by atoms with Gasteiger partial charge >= 0.3 is 0 Å². The van der Waals surface area contributed by atoms with E-state index >= 15 is 0 Å². The highest BCUT2D eigenvalue weighted by atomic mass is 16.5. The average molecular weight is 293 g/mol. The molecular formula is C16H25N2O3+. The number of nitrogens with two attached hydrogens (primary N) is 1. The number of carbonyl (C=O) groups excluding carboxylic acids is 1. The Kier molecular flexibility index (Phi) is 6.50. The number of ether oxygens (including phenoxy) is 1. The summed E-state index contributed by atoms with van der Waals surface area (Å²) in [4.78, 5) is 13.4. The molecule has 0 unspecified atom stereocenters. The minimum absolute atomic E-state index is 0.284. The lowest BCUT2D eigenvalue weighted by Gasteiger charge is -2.15. The number of aliphatic hydroxyl groups is 1. The number of likely N-dealkylation sites (tertiary alicyclic amines) is 1. The summed E-state index contributed by atoms with van der Waals surface area (Å²) in [6.45, 7) is 3.61. The molecular weight excluding hydrogens is 268 g/mol. The molecule has 1 aromatic rings. The van der Waals surface area contributed by atoms with Gasteiger partial charge in [-0.1, -0.05) is 18.2 Å². The van der Waals surface area contributed by atoms with E-state index in [9.17, 15) is 9.90 Å². The van der Waals surface area contributed by atoms with E-state index in [2.05, 4.69) is 5.32 Å². The SMILES string of the molecule is O=C1CCCN1CCC[NH2+]C[C@H](O)COc1ccccc1. The molecule has 5 heteroatoms. The molecule has 1 atom stereocenters. The van der Waals surface area contributed by atoms with Crippen molar-refractivity contribution in [2.45, 2.75) is 25.4 Å². The van der Waals surface area contributed by atoms with Crippen LogP contribution in [0.4, 0.5) is 0 Å². The predicted octanol–water partition coefficient (Wildman–Crippen LogP) is 0.00220. The fourth-order valence-electron chi connectivity index (χ4n) is 2.45. The number of benzene rings is 1. The first kappa shape index (κ1) is 15.8. The monoisotopic (exact) mass is 293 g/mol. The Labute approximate surface area is 125 Å². The van der Waals surface area contributed by atoms with Gasteiger partial charge in [-0.05, 0) is 18.6 Å². The Hall–Kier alpha value is -1.59. The van der Waals surface area contributed by atoms with Crippen molar-refractivity contribution in [3.05, 3.63) is 30.3 Å². The average Bonchev–Trinajstić information content (AvgIpc) is 2.91. The number of rotatable bonds is 9. The quantitative estimate of drug-likeness (QED) is 0.630. The topological polar surface area (TPSA) is 66.4 Å². The third kappa shape index (κ3) is 5.73. The summed E-state index contributed by atoms with van der Waals surface area (Å²) in [7, 11) is 0. The van der Waals surface area contributed by atoms with Gasteiger partial charge in [-0.15, -0.1) is 0 Å². The lowest BCUT2D eigenvalue weighted by Crippen LogP contribution is -2.86. The number of carbonyl (C=O) groups is 1. The summed E-state index contributed by atoms with van der Waals surface area (Å²) in [5.41, 5.74) is 0. The second kappa shape index (κ2) is 8.64. The number of amides is 1. The summed E-state index contributed by atoms with van der Waals surface area (Å²) >= 11 is 0. The van der Waals surface area contributed by atoms with Crippen LogP contribution >= 0.6 is 0 Å². The van der Waals surface area contributed by atoms with Gasteiger partial charge in [-0.2, -0.15) is 0 Å². The molecule has 0 saturated carbocycles. The highest BCUT2D eigenvalue weighted by Gasteiger charge is 2.19. The maximum atomic E-state index is 11.4. The van der Waals surface area contributed by atoms with Crippen molar-refractivity contribution >= 4 is 5.91 Å². The van der Waals surface area contributed by atoms with Crippen LogP contribution in [0, 0.1) is 0 Å². The number of nitrogens with zero attached hydrogens (tertiary/aromatic N) is 1. The molecule has 1 heterocycles. The summed E-state index contributed by atoms with van der Waals surface area (Å²) < 4.78 is 5.50. The minimum atomic E-state index is -0.473. The van der Waals surface area contributed by atoms with E-state index in [1.807, 2.05) is 35.2 Å². The van der Waals surface area contributed by atoms with Gasteiger partial charge in [-0.25, -0.2) is 0 Å². The molecule has 0 aromatic heterocycles. The molecule has 1 amide bonds. The molecule has 3 N–H and O–H groups in total. The number of aliphatic hydroxyl groups excluding tert-OH is 1. The van der Waals surface area contributed by atoms with Crippen LogP contribution in [0.3, 0.4) is 0 Å². The van der Waals surface area contributed by atoms with E-state index in [1.54, 1.807) is 0 Å². The smallest absolute Gasteiger partial charge is 0.222 e. The third-order valence-corrected chi connectivity index (χ3v) is 3.63. The number of hydrogen-bond donors (Lipinski definition) is 2. The lowest BCUT2D eigenvalue weighted by molar-refractivity contribution is -0.661. The van der Waals surface area contributed by atoms with Gasteiger partial charge in [0.15, 0.2) is 0 Å². The molecule has 1 aromatic carbocycles. The van der Waals surface area contributed by atoms with Gasteiger partial charge in [0.1, 0.15) is 25.0 Å². The minimum Gasteiger partial charge on any atom is -0.491 e. The summed E-state index contributed by atoms with van der Waals surface area (Å²) in [6.07, 6.45) is 2.20. The number of quaternary nitrogens is 1. The number of para-hydroxylation sites is 1. The van der Waals surface area contributed by atoms with E-state index in [0.717, 1.165) is 38.2 Å². The van der Waals surface area contributed by atoms with Crippen LogP contribution in [0.2, 0.25) is 0 Å². The first-order valence-electron chi connectivity index (χ1n) is 7.71. The van der Waals surface area contributed by atoms with E-state index in [0.29, 0.717) is 19.6 Å². The standard InChI is InChI=1S/C16H24N2O3/c19-14(13-21-15-6-2-1-3-7-15)12-17-9-5-11-18-10-4-8-16(18)20/h1-3,6-7,14,17,19H,4-5,8-13H2/p+1/t14-/m0/s1. The van der Waals surface area contributed by atoms with Crippen LogP contribution in [-0.4, -0.2) is 54.8 Å². The second-order valence-electron chi connectivity index (χ2n) is 5.43. The Morgan fingerprint density at radius 1 is 1.33 bits per heavy atom. The highest BCUT2D eigenvalue weighted by molar-refractivity contribution is 5.77. The van der Waals surface area contributed by atoms with Crippen LogP contribution < -0.4 is 10.1 Å². The molecule has 0 spiro atoms.